The van der Waals surface area contributed by atoms with E-state index in [-0.39, 0.29) is 6.10 Å². The number of carbonyl (C=O) groups excluding carboxylic acids is 1. The zero-order valence-corrected chi connectivity index (χ0v) is 10.1. The van der Waals surface area contributed by atoms with Crippen LogP contribution in [0.15, 0.2) is 24.3 Å². The summed E-state index contributed by atoms with van der Waals surface area (Å²) >= 11 is 0. The van der Waals surface area contributed by atoms with E-state index in [9.17, 15) is 4.79 Å². The SMILES string of the molecule is CC(C)OC(=O)C(C)Oc1ccc(C#N)cc1. The molecule has 1 unspecified atom stereocenters. The third-order valence-corrected chi connectivity index (χ3v) is 1.98. The fourth-order valence-corrected chi connectivity index (χ4v) is 1.19. The summed E-state index contributed by atoms with van der Waals surface area (Å²) in [6, 6.07) is 8.58. The van der Waals surface area contributed by atoms with Crippen LogP contribution in [-0.4, -0.2) is 18.2 Å². The van der Waals surface area contributed by atoms with Gasteiger partial charge >= 0.3 is 5.97 Å². The standard InChI is InChI=1S/C13H15NO3/c1-9(2)16-13(15)10(3)17-12-6-4-11(8-14)5-7-12/h4-7,9-10H,1-3H3. The normalized spacial score (nSPS) is 11.7. The van der Waals surface area contributed by atoms with Gasteiger partial charge in [-0.25, -0.2) is 4.79 Å². The molecule has 0 aliphatic rings. The van der Waals surface area contributed by atoms with E-state index in [1.54, 1.807) is 45.0 Å². The Bertz CT molecular complexity index is 417. The van der Waals surface area contributed by atoms with Gasteiger partial charge in [-0.15, -0.1) is 0 Å². The molecule has 0 aliphatic carbocycles. The van der Waals surface area contributed by atoms with Crippen LogP contribution in [0.3, 0.4) is 0 Å². The topological polar surface area (TPSA) is 59.3 Å². The van der Waals surface area contributed by atoms with Crippen molar-refractivity contribution < 1.29 is 14.3 Å². The Balaban J connectivity index is 2.58. The molecule has 0 N–H and O–H groups in total. The molecule has 17 heavy (non-hydrogen) atoms. The molecular formula is C13H15NO3. The second-order valence-corrected chi connectivity index (χ2v) is 3.88. The molecule has 1 aromatic carbocycles. The van der Waals surface area contributed by atoms with Crippen LogP contribution in [0.2, 0.25) is 0 Å². The first-order chi connectivity index (χ1) is 8.02. The lowest BCUT2D eigenvalue weighted by molar-refractivity contribution is -0.154. The highest BCUT2D eigenvalue weighted by molar-refractivity contribution is 5.74. The van der Waals surface area contributed by atoms with E-state index in [1.165, 1.54) is 0 Å². The van der Waals surface area contributed by atoms with Crippen molar-refractivity contribution in [1.29, 1.82) is 5.26 Å². The van der Waals surface area contributed by atoms with Gasteiger partial charge in [0.05, 0.1) is 17.7 Å². The molecule has 1 rings (SSSR count). The average Bonchev–Trinajstić information content (AvgIpc) is 2.29. The summed E-state index contributed by atoms with van der Waals surface area (Å²) in [6.07, 6.45) is -0.820. The summed E-state index contributed by atoms with van der Waals surface area (Å²) in [5.74, 6) is 0.140. The second kappa shape index (κ2) is 5.90. The molecule has 0 bridgehead atoms. The highest BCUT2D eigenvalue weighted by Gasteiger charge is 2.17. The summed E-state index contributed by atoms with van der Waals surface area (Å²) in [5.41, 5.74) is 0.551. The number of benzene rings is 1. The van der Waals surface area contributed by atoms with Crippen molar-refractivity contribution in [3.8, 4) is 11.8 Å². The number of hydrogen-bond acceptors (Lipinski definition) is 4. The van der Waals surface area contributed by atoms with Crippen LogP contribution in [-0.2, 0) is 9.53 Å². The Hall–Kier alpha value is -2.02. The molecule has 0 fully saturated rings. The molecule has 0 amide bonds. The van der Waals surface area contributed by atoms with Crippen LogP contribution in [0.4, 0.5) is 0 Å². The molecule has 4 nitrogen and oxygen atoms in total. The molecule has 0 radical (unpaired) electrons. The molecule has 0 spiro atoms. The number of hydrogen-bond donors (Lipinski definition) is 0. The minimum atomic E-state index is -0.662. The largest absolute Gasteiger partial charge is 0.479 e. The summed E-state index contributed by atoms with van der Waals surface area (Å²) in [5, 5.41) is 8.63. The second-order valence-electron chi connectivity index (χ2n) is 3.88. The third kappa shape index (κ3) is 4.15. The molecule has 0 aliphatic heterocycles. The summed E-state index contributed by atoms with van der Waals surface area (Å²) in [7, 11) is 0. The lowest BCUT2D eigenvalue weighted by Crippen LogP contribution is -2.28. The van der Waals surface area contributed by atoms with Gasteiger partial charge in [-0.05, 0) is 45.0 Å². The molecule has 1 aromatic rings. The molecule has 0 saturated heterocycles. The first-order valence-corrected chi connectivity index (χ1v) is 5.40. The van der Waals surface area contributed by atoms with Gasteiger partial charge in [0.1, 0.15) is 5.75 Å². The molecule has 0 heterocycles. The van der Waals surface area contributed by atoms with Crippen molar-refractivity contribution in [2.75, 3.05) is 0 Å². The van der Waals surface area contributed by atoms with Crippen LogP contribution in [0, 0.1) is 11.3 Å². The number of ether oxygens (including phenoxy) is 2. The van der Waals surface area contributed by atoms with E-state index in [2.05, 4.69) is 0 Å². The Kier molecular flexibility index (Phi) is 4.53. The van der Waals surface area contributed by atoms with Gasteiger partial charge in [-0.1, -0.05) is 0 Å². The predicted octanol–water partition coefficient (Wildman–Crippen LogP) is 2.28. The number of nitrogens with zero attached hydrogens (tertiary/aromatic N) is 1. The van der Waals surface area contributed by atoms with E-state index >= 15 is 0 Å². The third-order valence-electron chi connectivity index (χ3n) is 1.98. The molecule has 4 heteroatoms. The van der Waals surface area contributed by atoms with Crippen molar-refractivity contribution in [1.82, 2.24) is 0 Å². The average molecular weight is 233 g/mol. The molecular weight excluding hydrogens is 218 g/mol. The number of esters is 1. The van der Waals surface area contributed by atoms with Gasteiger partial charge in [0, 0.05) is 0 Å². The first-order valence-electron chi connectivity index (χ1n) is 5.40. The van der Waals surface area contributed by atoms with Crippen LogP contribution < -0.4 is 4.74 Å². The molecule has 0 aromatic heterocycles. The van der Waals surface area contributed by atoms with E-state index in [0.29, 0.717) is 11.3 Å². The van der Waals surface area contributed by atoms with Crippen LogP contribution >= 0.6 is 0 Å². The summed E-state index contributed by atoms with van der Waals surface area (Å²) < 4.78 is 10.4. The fourth-order valence-electron chi connectivity index (χ4n) is 1.19. The van der Waals surface area contributed by atoms with Gasteiger partial charge in [0.25, 0.3) is 0 Å². The van der Waals surface area contributed by atoms with E-state index < -0.39 is 12.1 Å². The molecule has 90 valence electrons. The maximum atomic E-state index is 11.5. The van der Waals surface area contributed by atoms with Crippen molar-refractivity contribution in [3.63, 3.8) is 0 Å². The van der Waals surface area contributed by atoms with Crippen molar-refractivity contribution in [2.45, 2.75) is 33.0 Å². The number of nitriles is 1. The molecule has 1 atom stereocenters. The van der Waals surface area contributed by atoms with Crippen LogP contribution in [0.25, 0.3) is 0 Å². The minimum Gasteiger partial charge on any atom is -0.479 e. The Morgan fingerprint density at radius 3 is 2.29 bits per heavy atom. The summed E-state index contributed by atoms with van der Waals surface area (Å²) in [4.78, 5) is 11.5. The van der Waals surface area contributed by atoms with Crippen LogP contribution in [0.1, 0.15) is 26.3 Å². The lowest BCUT2D eigenvalue weighted by atomic mass is 10.2. The smallest absolute Gasteiger partial charge is 0.347 e. The predicted molar refractivity (Wildman–Crippen MR) is 62.5 cm³/mol. The Morgan fingerprint density at radius 2 is 1.82 bits per heavy atom. The highest BCUT2D eigenvalue weighted by atomic mass is 16.6. The first kappa shape index (κ1) is 13.0. The maximum Gasteiger partial charge on any atom is 0.347 e. The Labute approximate surface area is 101 Å². The van der Waals surface area contributed by atoms with E-state index in [0.717, 1.165) is 0 Å². The molecule has 0 saturated carbocycles. The lowest BCUT2D eigenvalue weighted by Gasteiger charge is -2.15. The van der Waals surface area contributed by atoms with Gasteiger partial charge < -0.3 is 9.47 Å². The van der Waals surface area contributed by atoms with Gasteiger partial charge in [-0.2, -0.15) is 5.26 Å². The van der Waals surface area contributed by atoms with Gasteiger partial charge in [0.2, 0.25) is 0 Å². The zero-order chi connectivity index (χ0) is 12.8. The number of rotatable bonds is 4. The maximum absolute atomic E-state index is 11.5. The number of carbonyl (C=O) groups is 1. The monoisotopic (exact) mass is 233 g/mol. The zero-order valence-electron chi connectivity index (χ0n) is 10.1. The fraction of sp³-hybridized carbons (Fsp3) is 0.385. The quantitative estimate of drug-likeness (QED) is 0.748. The van der Waals surface area contributed by atoms with E-state index in [4.69, 9.17) is 14.7 Å². The van der Waals surface area contributed by atoms with Crippen LogP contribution in [0.5, 0.6) is 5.75 Å². The van der Waals surface area contributed by atoms with Crippen molar-refractivity contribution in [3.05, 3.63) is 29.8 Å². The Morgan fingerprint density at radius 1 is 1.24 bits per heavy atom. The summed E-state index contributed by atoms with van der Waals surface area (Å²) in [6.45, 7) is 5.20. The van der Waals surface area contributed by atoms with E-state index in [1.807, 2.05) is 6.07 Å². The highest BCUT2D eigenvalue weighted by Crippen LogP contribution is 2.14. The van der Waals surface area contributed by atoms with Crippen molar-refractivity contribution >= 4 is 5.97 Å². The van der Waals surface area contributed by atoms with Gasteiger partial charge in [0.15, 0.2) is 6.10 Å². The minimum absolute atomic E-state index is 0.158. The van der Waals surface area contributed by atoms with Crippen molar-refractivity contribution in [2.24, 2.45) is 0 Å². The van der Waals surface area contributed by atoms with Gasteiger partial charge in [-0.3, -0.25) is 0 Å².